The van der Waals surface area contributed by atoms with Crippen molar-refractivity contribution in [3.8, 4) is 0 Å². The highest BCUT2D eigenvalue weighted by Gasteiger charge is 2.27. The first-order valence-corrected chi connectivity index (χ1v) is 7.93. The fraction of sp³-hybridized carbons (Fsp3) is 0.500. The van der Waals surface area contributed by atoms with E-state index in [-0.39, 0.29) is 5.56 Å². The fourth-order valence-corrected chi connectivity index (χ4v) is 3.60. The molecule has 1 amide bonds. The summed E-state index contributed by atoms with van der Waals surface area (Å²) in [7, 11) is 0. The van der Waals surface area contributed by atoms with E-state index in [9.17, 15) is 19.3 Å². The van der Waals surface area contributed by atoms with Crippen LogP contribution in [0.2, 0.25) is 0 Å². The molecule has 21 heavy (non-hydrogen) atoms. The van der Waals surface area contributed by atoms with Crippen molar-refractivity contribution in [3.05, 3.63) is 39.7 Å². The highest BCUT2D eigenvalue weighted by molar-refractivity contribution is 9.09. The van der Waals surface area contributed by atoms with Gasteiger partial charge in [0.25, 0.3) is 11.6 Å². The van der Waals surface area contributed by atoms with Crippen LogP contribution < -0.4 is 5.32 Å². The van der Waals surface area contributed by atoms with Gasteiger partial charge in [0.15, 0.2) is 0 Å². The van der Waals surface area contributed by atoms with Gasteiger partial charge in [-0.15, -0.1) is 0 Å². The van der Waals surface area contributed by atoms with Gasteiger partial charge < -0.3 is 5.32 Å². The third-order valence-corrected chi connectivity index (χ3v) is 4.77. The Morgan fingerprint density at radius 2 is 2.14 bits per heavy atom. The molecule has 0 heterocycles. The van der Waals surface area contributed by atoms with Crippen LogP contribution in [0.1, 0.15) is 29.6 Å². The van der Waals surface area contributed by atoms with Crippen molar-refractivity contribution in [1.29, 1.82) is 0 Å². The first kappa shape index (κ1) is 15.9. The number of hydrogen-bond donors (Lipinski definition) is 1. The summed E-state index contributed by atoms with van der Waals surface area (Å²) in [6.45, 7) is 0.490. The van der Waals surface area contributed by atoms with Gasteiger partial charge in [-0.1, -0.05) is 22.4 Å². The standard InChI is InChI=1S/C14H16BrFN2O3/c15-7-9-2-1-3-10(9)8-17-14(19)12-5-4-11(16)6-13(12)18(20)21/h4-6,9-10H,1-3,7-8H2,(H,17,19). The molecule has 0 spiro atoms. The lowest BCUT2D eigenvalue weighted by Gasteiger charge is -2.17. The Hall–Kier alpha value is -1.50. The van der Waals surface area contributed by atoms with E-state index >= 15 is 0 Å². The molecule has 5 nitrogen and oxygen atoms in total. The van der Waals surface area contributed by atoms with Crippen molar-refractivity contribution in [1.82, 2.24) is 5.32 Å². The maximum atomic E-state index is 13.1. The van der Waals surface area contributed by atoms with Crippen LogP contribution in [0.5, 0.6) is 0 Å². The summed E-state index contributed by atoms with van der Waals surface area (Å²) >= 11 is 3.46. The van der Waals surface area contributed by atoms with Crippen molar-refractivity contribution in [3.63, 3.8) is 0 Å². The topological polar surface area (TPSA) is 72.2 Å². The largest absolute Gasteiger partial charge is 0.352 e. The number of nitrogens with zero attached hydrogens (tertiary/aromatic N) is 1. The average molecular weight is 359 g/mol. The number of carbonyl (C=O) groups is 1. The van der Waals surface area contributed by atoms with E-state index in [1.807, 2.05) is 0 Å². The van der Waals surface area contributed by atoms with Gasteiger partial charge in [0.1, 0.15) is 11.4 Å². The normalized spacial score (nSPS) is 21.2. The molecule has 1 aromatic rings. The monoisotopic (exact) mass is 358 g/mol. The van der Waals surface area contributed by atoms with Gasteiger partial charge in [0.2, 0.25) is 0 Å². The predicted molar refractivity (Wildman–Crippen MR) is 80.0 cm³/mol. The molecule has 0 aliphatic heterocycles. The molecule has 1 aromatic carbocycles. The minimum Gasteiger partial charge on any atom is -0.352 e. The van der Waals surface area contributed by atoms with Crippen LogP contribution in [0.15, 0.2) is 18.2 Å². The van der Waals surface area contributed by atoms with Gasteiger partial charge in [-0.2, -0.15) is 0 Å². The summed E-state index contributed by atoms with van der Waals surface area (Å²) < 4.78 is 13.1. The van der Waals surface area contributed by atoms with Crippen LogP contribution in [0.25, 0.3) is 0 Å². The lowest BCUT2D eigenvalue weighted by atomic mass is 9.98. The predicted octanol–water partition coefficient (Wildman–Crippen LogP) is 3.27. The first-order valence-electron chi connectivity index (χ1n) is 6.81. The molecule has 1 aliphatic rings. The van der Waals surface area contributed by atoms with Crippen LogP contribution in [-0.4, -0.2) is 22.7 Å². The second-order valence-corrected chi connectivity index (χ2v) is 5.88. The third kappa shape index (κ3) is 3.78. The van der Waals surface area contributed by atoms with Crippen LogP contribution in [0.4, 0.5) is 10.1 Å². The van der Waals surface area contributed by atoms with E-state index in [1.54, 1.807) is 0 Å². The number of halogens is 2. The Bertz CT molecular complexity index is 553. The van der Waals surface area contributed by atoms with E-state index in [0.717, 1.165) is 42.8 Å². The van der Waals surface area contributed by atoms with Crippen molar-refractivity contribution < 1.29 is 14.1 Å². The van der Waals surface area contributed by atoms with Gasteiger partial charge in [0, 0.05) is 11.9 Å². The van der Waals surface area contributed by atoms with Crippen molar-refractivity contribution >= 4 is 27.5 Å². The number of nitro groups is 1. The molecular formula is C14H16BrFN2O3. The zero-order valence-electron chi connectivity index (χ0n) is 11.4. The summed E-state index contributed by atoms with van der Waals surface area (Å²) in [5.74, 6) is -0.350. The number of rotatable bonds is 5. The van der Waals surface area contributed by atoms with E-state index in [2.05, 4.69) is 21.2 Å². The maximum absolute atomic E-state index is 13.1. The average Bonchev–Trinajstić information content (AvgIpc) is 2.92. The molecule has 1 N–H and O–H groups in total. The minimum atomic E-state index is -0.741. The van der Waals surface area contributed by atoms with Gasteiger partial charge in [-0.3, -0.25) is 14.9 Å². The highest BCUT2D eigenvalue weighted by Crippen LogP contribution is 2.32. The number of benzene rings is 1. The summed E-state index contributed by atoms with van der Waals surface area (Å²) in [5, 5.41) is 14.5. The quantitative estimate of drug-likeness (QED) is 0.498. The molecule has 0 saturated heterocycles. The fourth-order valence-electron chi connectivity index (χ4n) is 2.75. The van der Waals surface area contributed by atoms with Gasteiger partial charge >= 0.3 is 0 Å². The number of hydrogen-bond acceptors (Lipinski definition) is 3. The molecule has 0 aromatic heterocycles. The smallest absolute Gasteiger partial charge is 0.285 e. The van der Waals surface area contributed by atoms with Gasteiger partial charge in [-0.05, 0) is 36.8 Å². The SMILES string of the molecule is O=C(NCC1CCCC1CBr)c1ccc(F)cc1[N+](=O)[O-]. The highest BCUT2D eigenvalue weighted by atomic mass is 79.9. The van der Waals surface area contributed by atoms with E-state index in [1.165, 1.54) is 0 Å². The van der Waals surface area contributed by atoms with E-state index < -0.39 is 22.3 Å². The van der Waals surface area contributed by atoms with Crippen molar-refractivity contribution in [2.45, 2.75) is 19.3 Å². The molecule has 0 bridgehead atoms. The molecule has 7 heteroatoms. The summed E-state index contributed by atoms with van der Waals surface area (Å²) in [6, 6.07) is 2.98. The molecule has 2 unspecified atom stereocenters. The van der Waals surface area contributed by atoms with Crippen LogP contribution in [-0.2, 0) is 0 Å². The summed E-state index contributed by atoms with van der Waals surface area (Å²) in [6.07, 6.45) is 3.30. The Kier molecular flexibility index (Phi) is 5.27. The second-order valence-electron chi connectivity index (χ2n) is 5.23. The zero-order chi connectivity index (χ0) is 15.4. The number of nitrogens with one attached hydrogen (secondary N) is 1. The van der Waals surface area contributed by atoms with Crippen molar-refractivity contribution in [2.24, 2.45) is 11.8 Å². The molecule has 1 saturated carbocycles. The Morgan fingerprint density at radius 1 is 1.43 bits per heavy atom. The van der Waals surface area contributed by atoms with E-state index in [4.69, 9.17) is 0 Å². The lowest BCUT2D eigenvalue weighted by Crippen LogP contribution is -2.31. The molecular weight excluding hydrogens is 343 g/mol. The maximum Gasteiger partial charge on any atom is 0.285 e. The number of nitro benzene ring substituents is 1. The molecule has 1 fully saturated rings. The first-order chi connectivity index (χ1) is 10.0. The van der Waals surface area contributed by atoms with Crippen LogP contribution >= 0.6 is 15.9 Å². The Morgan fingerprint density at radius 3 is 2.81 bits per heavy atom. The Labute approximate surface area is 130 Å². The number of alkyl halides is 1. The van der Waals surface area contributed by atoms with Crippen LogP contribution in [0.3, 0.4) is 0 Å². The Balaban J connectivity index is 2.05. The van der Waals surface area contributed by atoms with Crippen LogP contribution in [0, 0.1) is 27.8 Å². The second kappa shape index (κ2) is 6.98. The van der Waals surface area contributed by atoms with E-state index in [0.29, 0.717) is 18.4 Å². The minimum absolute atomic E-state index is 0.102. The molecule has 2 atom stereocenters. The molecule has 1 aliphatic carbocycles. The lowest BCUT2D eigenvalue weighted by molar-refractivity contribution is -0.385. The third-order valence-electron chi connectivity index (χ3n) is 3.94. The van der Waals surface area contributed by atoms with Gasteiger partial charge in [0.05, 0.1) is 11.0 Å². The van der Waals surface area contributed by atoms with Crippen molar-refractivity contribution in [2.75, 3.05) is 11.9 Å². The zero-order valence-corrected chi connectivity index (χ0v) is 12.9. The summed E-state index contributed by atoms with van der Waals surface area (Å²) in [5.41, 5.74) is -0.606. The summed E-state index contributed by atoms with van der Waals surface area (Å²) in [4.78, 5) is 22.2. The molecule has 2 rings (SSSR count). The number of carbonyl (C=O) groups excluding carboxylic acids is 1. The molecule has 114 valence electrons. The van der Waals surface area contributed by atoms with Gasteiger partial charge in [-0.25, -0.2) is 4.39 Å². The number of amides is 1. The molecule has 0 radical (unpaired) electrons.